The number of anilines is 3. The Morgan fingerprint density at radius 1 is 1.09 bits per heavy atom. The number of carbonyl (C=O) groups excluding carboxylic acids is 1. The van der Waals surface area contributed by atoms with E-state index < -0.39 is 10.0 Å². The average Bonchev–Trinajstić information content (AvgIpc) is 3.41. The first-order valence-electron chi connectivity index (χ1n) is 11.9. The molecule has 2 aliphatic rings. The van der Waals surface area contributed by atoms with Crippen molar-refractivity contribution in [3.05, 3.63) is 55.0 Å². The molecule has 1 aliphatic heterocycles. The second-order valence-corrected chi connectivity index (χ2v) is 10.6. The first-order valence-corrected chi connectivity index (χ1v) is 13.3. The van der Waals surface area contributed by atoms with Gasteiger partial charge >= 0.3 is 0 Å². The second-order valence-electron chi connectivity index (χ2n) is 8.91. The molecule has 0 saturated heterocycles. The van der Waals surface area contributed by atoms with Gasteiger partial charge in [-0.3, -0.25) is 14.5 Å². The highest BCUT2D eigenvalue weighted by molar-refractivity contribution is 7.92. The van der Waals surface area contributed by atoms with E-state index >= 15 is 0 Å². The predicted octanol–water partition coefficient (Wildman–Crippen LogP) is 3.84. The minimum absolute atomic E-state index is 0.0449. The lowest BCUT2D eigenvalue weighted by Gasteiger charge is -2.43. The fraction of sp³-hybridized carbons (Fsp3) is 0.360. The van der Waals surface area contributed by atoms with E-state index in [0.717, 1.165) is 25.7 Å². The Kier molecular flexibility index (Phi) is 6.14. The minimum atomic E-state index is -3.82. The molecule has 2 aromatic heterocycles. The molecule has 1 N–H and O–H groups in total. The minimum Gasteiger partial charge on any atom is -0.340 e. The van der Waals surface area contributed by atoms with Crippen molar-refractivity contribution >= 4 is 33.1 Å². The molecule has 10 heteroatoms. The molecule has 1 unspecified atom stereocenters. The number of hydrogen-bond donors (Lipinski definition) is 1. The lowest BCUT2D eigenvalue weighted by Crippen LogP contribution is -2.55. The molecule has 1 amide bonds. The lowest BCUT2D eigenvalue weighted by molar-refractivity contribution is -0.120. The zero-order valence-electron chi connectivity index (χ0n) is 19.8. The molecule has 0 bridgehead atoms. The Hall–Kier alpha value is -3.53. The van der Waals surface area contributed by atoms with E-state index in [1.165, 1.54) is 18.3 Å². The zero-order valence-corrected chi connectivity index (χ0v) is 20.6. The summed E-state index contributed by atoms with van der Waals surface area (Å²) in [7, 11) is -2.07. The predicted molar refractivity (Wildman–Crippen MR) is 135 cm³/mol. The molecule has 3 heterocycles. The van der Waals surface area contributed by atoms with Crippen LogP contribution in [0.3, 0.4) is 0 Å². The summed E-state index contributed by atoms with van der Waals surface area (Å²) in [5.41, 5.74) is 1.47. The summed E-state index contributed by atoms with van der Waals surface area (Å²) in [5.74, 6) is 1.13. The number of rotatable bonds is 6. The van der Waals surface area contributed by atoms with Gasteiger partial charge in [0.25, 0.3) is 10.0 Å². The van der Waals surface area contributed by atoms with E-state index in [1.807, 2.05) is 6.92 Å². The quantitative estimate of drug-likeness (QED) is 0.557. The third-order valence-electron chi connectivity index (χ3n) is 6.77. The average molecular weight is 493 g/mol. The van der Waals surface area contributed by atoms with Crippen LogP contribution in [0.5, 0.6) is 0 Å². The van der Waals surface area contributed by atoms with Crippen molar-refractivity contribution < 1.29 is 13.2 Å². The molecule has 3 aromatic rings. The maximum absolute atomic E-state index is 13.1. The molecule has 35 heavy (non-hydrogen) atoms. The smallest absolute Gasteiger partial charge is 0.261 e. The first-order chi connectivity index (χ1) is 16.9. The maximum Gasteiger partial charge on any atom is 0.261 e. The van der Waals surface area contributed by atoms with Gasteiger partial charge in [-0.1, -0.05) is 38.0 Å². The van der Waals surface area contributed by atoms with Crippen LogP contribution in [-0.2, 0) is 14.8 Å². The van der Waals surface area contributed by atoms with Crippen molar-refractivity contribution in [3.8, 4) is 11.4 Å². The van der Waals surface area contributed by atoms with Gasteiger partial charge in [-0.25, -0.2) is 18.4 Å². The van der Waals surface area contributed by atoms with Gasteiger partial charge in [0.15, 0.2) is 11.6 Å². The monoisotopic (exact) mass is 492 g/mol. The van der Waals surface area contributed by atoms with Gasteiger partial charge in [0, 0.05) is 24.8 Å². The SMILES string of the molecule is CCC1C(=O)N(C)c2cnc(-c3ccncc3NS(=O)(=O)c3ccccc3)nc2N1C1CCCC1. The highest BCUT2D eigenvalue weighted by Crippen LogP contribution is 2.40. The number of benzene rings is 1. The number of carbonyl (C=O) groups is 1. The topological polar surface area (TPSA) is 108 Å². The molecular weight excluding hydrogens is 464 g/mol. The Morgan fingerprint density at radius 2 is 1.83 bits per heavy atom. The van der Waals surface area contributed by atoms with Crippen LogP contribution < -0.4 is 14.5 Å². The van der Waals surface area contributed by atoms with Crippen molar-refractivity contribution in [3.63, 3.8) is 0 Å². The van der Waals surface area contributed by atoms with E-state index in [9.17, 15) is 13.2 Å². The van der Waals surface area contributed by atoms with E-state index in [-0.39, 0.29) is 28.6 Å². The standard InChI is InChI=1S/C25H28N6O3S/c1-3-21-25(32)30(2)22-16-27-23(28-24(22)31(21)17-9-7-8-10-17)19-13-14-26-15-20(19)29-35(33,34)18-11-5-4-6-12-18/h4-6,11-17,21,29H,3,7-10H2,1-2H3. The number of nitrogens with zero attached hydrogens (tertiary/aromatic N) is 5. The van der Waals surface area contributed by atoms with Crippen molar-refractivity contribution in [1.82, 2.24) is 15.0 Å². The van der Waals surface area contributed by atoms with Crippen LogP contribution in [0.25, 0.3) is 11.4 Å². The Labute approximate surface area is 205 Å². The number of hydrogen-bond acceptors (Lipinski definition) is 7. The number of pyridine rings is 1. The summed E-state index contributed by atoms with van der Waals surface area (Å²) >= 11 is 0. The maximum atomic E-state index is 13.1. The second kappa shape index (κ2) is 9.26. The first kappa shape index (κ1) is 23.2. The molecule has 5 rings (SSSR count). The summed E-state index contributed by atoms with van der Waals surface area (Å²) in [6, 6.07) is 9.82. The molecule has 0 spiro atoms. The van der Waals surface area contributed by atoms with Gasteiger partial charge in [-0.15, -0.1) is 0 Å². The molecule has 0 radical (unpaired) electrons. The number of fused-ring (bicyclic) bond motifs is 1. The lowest BCUT2D eigenvalue weighted by atomic mass is 10.0. The number of likely N-dealkylation sites (N-methyl/N-ethyl adjacent to an activating group) is 1. The van der Waals surface area contributed by atoms with Gasteiger partial charge < -0.3 is 9.80 Å². The number of nitrogens with one attached hydrogen (secondary N) is 1. The molecule has 1 atom stereocenters. The van der Waals surface area contributed by atoms with Crippen LogP contribution in [0.1, 0.15) is 39.0 Å². The third-order valence-corrected chi connectivity index (χ3v) is 8.15. The van der Waals surface area contributed by atoms with E-state index in [1.54, 1.807) is 48.6 Å². The summed E-state index contributed by atoms with van der Waals surface area (Å²) in [6.45, 7) is 2.02. The summed E-state index contributed by atoms with van der Waals surface area (Å²) in [6.07, 6.45) is 9.66. The van der Waals surface area contributed by atoms with Crippen molar-refractivity contribution in [1.29, 1.82) is 0 Å². The van der Waals surface area contributed by atoms with E-state index in [0.29, 0.717) is 29.3 Å². The normalized spacial score (nSPS) is 18.6. The molecule has 1 saturated carbocycles. The molecule has 1 fully saturated rings. The van der Waals surface area contributed by atoms with E-state index in [2.05, 4.69) is 19.6 Å². The zero-order chi connectivity index (χ0) is 24.6. The van der Waals surface area contributed by atoms with Crippen LogP contribution in [0, 0.1) is 0 Å². The summed E-state index contributed by atoms with van der Waals surface area (Å²) in [4.78, 5) is 30.6. The Bertz CT molecular complexity index is 1340. The van der Waals surface area contributed by atoms with Gasteiger partial charge in [0.05, 0.1) is 23.0 Å². The van der Waals surface area contributed by atoms with Crippen LogP contribution in [0.15, 0.2) is 59.9 Å². The number of sulfonamides is 1. The van der Waals surface area contributed by atoms with Crippen LogP contribution in [-0.4, -0.2) is 48.4 Å². The molecule has 1 aliphatic carbocycles. The molecule has 182 valence electrons. The summed E-state index contributed by atoms with van der Waals surface area (Å²) in [5, 5.41) is 0. The molecule has 1 aromatic carbocycles. The van der Waals surface area contributed by atoms with Gasteiger partial charge in [-0.05, 0) is 37.5 Å². The summed E-state index contributed by atoms with van der Waals surface area (Å²) < 4.78 is 28.6. The molecular formula is C25H28N6O3S. The van der Waals surface area contributed by atoms with Crippen LogP contribution >= 0.6 is 0 Å². The van der Waals surface area contributed by atoms with Gasteiger partial charge in [-0.2, -0.15) is 0 Å². The van der Waals surface area contributed by atoms with Crippen LogP contribution in [0.2, 0.25) is 0 Å². The fourth-order valence-corrected chi connectivity index (χ4v) is 6.07. The molecule has 9 nitrogen and oxygen atoms in total. The third kappa shape index (κ3) is 4.22. The van der Waals surface area contributed by atoms with Gasteiger partial charge in [0.1, 0.15) is 11.7 Å². The van der Waals surface area contributed by atoms with E-state index in [4.69, 9.17) is 4.98 Å². The van der Waals surface area contributed by atoms with Crippen molar-refractivity contribution in [2.24, 2.45) is 0 Å². The highest BCUT2D eigenvalue weighted by atomic mass is 32.2. The highest BCUT2D eigenvalue weighted by Gasteiger charge is 2.41. The number of aromatic nitrogens is 3. The van der Waals surface area contributed by atoms with Crippen molar-refractivity contribution in [2.75, 3.05) is 21.6 Å². The fourth-order valence-electron chi connectivity index (χ4n) is 4.99. The Balaban J connectivity index is 1.58. The Morgan fingerprint density at radius 3 is 2.54 bits per heavy atom. The largest absolute Gasteiger partial charge is 0.340 e. The van der Waals surface area contributed by atoms with Crippen molar-refractivity contribution in [2.45, 2.75) is 56.0 Å². The van der Waals surface area contributed by atoms with Gasteiger partial charge in [0.2, 0.25) is 5.91 Å². The number of amides is 1. The van der Waals surface area contributed by atoms with Crippen LogP contribution in [0.4, 0.5) is 17.2 Å².